The lowest BCUT2D eigenvalue weighted by Crippen LogP contribution is -2.42. The first-order valence-corrected chi connectivity index (χ1v) is 7.44. The van der Waals surface area contributed by atoms with Crippen molar-refractivity contribution in [2.24, 2.45) is 17.8 Å². The van der Waals surface area contributed by atoms with Gasteiger partial charge in [0.1, 0.15) is 0 Å². The molecule has 0 heterocycles. The van der Waals surface area contributed by atoms with Crippen molar-refractivity contribution in [3.8, 4) is 0 Å². The van der Waals surface area contributed by atoms with Gasteiger partial charge in [-0.05, 0) is 36.2 Å². The van der Waals surface area contributed by atoms with Crippen LogP contribution in [-0.2, 0) is 6.54 Å². The highest BCUT2D eigenvalue weighted by atomic mass is 14.9. The van der Waals surface area contributed by atoms with Crippen LogP contribution in [0.5, 0.6) is 0 Å². The van der Waals surface area contributed by atoms with Crippen LogP contribution in [0.15, 0.2) is 30.3 Å². The highest BCUT2D eigenvalue weighted by Gasteiger charge is 2.29. The Bertz CT molecular complexity index is 344. The van der Waals surface area contributed by atoms with Crippen molar-refractivity contribution in [1.29, 1.82) is 0 Å². The maximum atomic E-state index is 3.80. The Morgan fingerprint density at radius 3 is 2.56 bits per heavy atom. The zero-order chi connectivity index (χ0) is 13.0. The molecule has 3 atom stereocenters. The van der Waals surface area contributed by atoms with Gasteiger partial charge in [0.25, 0.3) is 0 Å². The highest BCUT2D eigenvalue weighted by molar-refractivity contribution is 5.14. The molecule has 0 aliphatic heterocycles. The van der Waals surface area contributed by atoms with E-state index in [0.29, 0.717) is 6.04 Å². The van der Waals surface area contributed by atoms with Crippen LogP contribution in [0.25, 0.3) is 0 Å². The molecule has 100 valence electrons. The molecular weight excluding hydrogens is 218 g/mol. The molecule has 0 aromatic heterocycles. The highest BCUT2D eigenvalue weighted by Crippen LogP contribution is 2.33. The Labute approximate surface area is 112 Å². The smallest absolute Gasteiger partial charge is 0.0208 e. The van der Waals surface area contributed by atoms with Crippen LogP contribution < -0.4 is 5.32 Å². The predicted octanol–water partition coefficient (Wildman–Crippen LogP) is 4.24. The minimum atomic E-state index is 0.703. The van der Waals surface area contributed by atoms with Crippen LogP contribution in [0.2, 0.25) is 0 Å². The first-order valence-electron chi connectivity index (χ1n) is 7.44. The van der Waals surface area contributed by atoms with E-state index in [1.165, 1.54) is 24.8 Å². The molecule has 1 heteroatoms. The third-order valence-corrected chi connectivity index (χ3v) is 4.43. The molecule has 2 rings (SSSR count). The van der Waals surface area contributed by atoms with Crippen molar-refractivity contribution in [1.82, 2.24) is 5.32 Å². The maximum Gasteiger partial charge on any atom is 0.0208 e. The number of hydrogen-bond acceptors (Lipinski definition) is 1. The largest absolute Gasteiger partial charge is 0.310 e. The monoisotopic (exact) mass is 245 g/mol. The van der Waals surface area contributed by atoms with E-state index < -0.39 is 0 Å². The molecule has 1 aliphatic rings. The number of benzene rings is 1. The average molecular weight is 245 g/mol. The minimum Gasteiger partial charge on any atom is -0.310 e. The summed E-state index contributed by atoms with van der Waals surface area (Å²) in [4.78, 5) is 0. The summed E-state index contributed by atoms with van der Waals surface area (Å²) < 4.78 is 0. The van der Waals surface area contributed by atoms with Gasteiger partial charge in [-0.2, -0.15) is 0 Å². The quantitative estimate of drug-likeness (QED) is 0.836. The van der Waals surface area contributed by atoms with Crippen LogP contribution >= 0.6 is 0 Å². The van der Waals surface area contributed by atoms with Gasteiger partial charge in [0.05, 0.1) is 0 Å². The van der Waals surface area contributed by atoms with Gasteiger partial charge in [0.15, 0.2) is 0 Å². The summed E-state index contributed by atoms with van der Waals surface area (Å²) in [5.41, 5.74) is 1.40. The van der Waals surface area contributed by atoms with Crippen LogP contribution in [0.3, 0.4) is 0 Å². The Morgan fingerprint density at radius 1 is 1.17 bits per heavy atom. The van der Waals surface area contributed by atoms with E-state index in [1.54, 1.807) is 0 Å². The zero-order valence-corrected chi connectivity index (χ0v) is 12.0. The van der Waals surface area contributed by atoms with Crippen molar-refractivity contribution in [2.75, 3.05) is 0 Å². The fourth-order valence-electron chi connectivity index (χ4n) is 3.28. The lowest BCUT2D eigenvalue weighted by Gasteiger charge is -2.38. The van der Waals surface area contributed by atoms with Crippen molar-refractivity contribution in [3.63, 3.8) is 0 Å². The number of rotatable bonds is 4. The fourth-order valence-corrected chi connectivity index (χ4v) is 3.28. The third kappa shape index (κ3) is 3.58. The summed E-state index contributed by atoms with van der Waals surface area (Å²) in [6.07, 6.45) is 4.15. The normalized spacial score (nSPS) is 28.6. The second-order valence-electron chi connectivity index (χ2n) is 6.30. The molecule has 0 bridgehead atoms. The van der Waals surface area contributed by atoms with Crippen molar-refractivity contribution in [2.45, 2.75) is 52.6 Å². The van der Waals surface area contributed by atoms with Gasteiger partial charge in [-0.15, -0.1) is 0 Å². The van der Waals surface area contributed by atoms with Crippen LogP contribution in [-0.4, -0.2) is 6.04 Å². The number of nitrogens with one attached hydrogen (secondary N) is 1. The molecule has 1 nitrogen and oxygen atoms in total. The molecule has 0 spiro atoms. The van der Waals surface area contributed by atoms with E-state index in [0.717, 1.165) is 24.3 Å². The molecule has 1 aromatic carbocycles. The van der Waals surface area contributed by atoms with E-state index in [4.69, 9.17) is 0 Å². The van der Waals surface area contributed by atoms with Crippen molar-refractivity contribution < 1.29 is 0 Å². The Morgan fingerprint density at radius 2 is 1.89 bits per heavy atom. The zero-order valence-electron chi connectivity index (χ0n) is 12.0. The lowest BCUT2D eigenvalue weighted by atomic mass is 9.74. The molecule has 3 unspecified atom stereocenters. The molecule has 0 saturated heterocycles. The molecule has 0 amide bonds. The maximum absolute atomic E-state index is 3.80. The minimum absolute atomic E-state index is 0.703. The second kappa shape index (κ2) is 6.38. The molecule has 1 saturated carbocycles. The van der Waals surface area contributed by atoms with Gasteiger partial charge in [-0.1, -0.05) is 57.5 Å². The van der Waals surface area contributed by atoms with Gasteiger partial charge >= 0.3 is 0 Å². The molecule has 1 N–H and O–H groups in total. The van der Waals surface area contributed by atoms with Crippen molar-refractivity contribution >= 4 is 0 Å². The van der Waals surface area contributed by atoms with E-state index in [2.05, 4.69) is 56.4 Å². The van der Waals surface area contributed by atoms with E-state index in [-0.39, 0.29) is 0 Å². The Balaban J connectivity index is 1.92. The summed E-state index contributed by atoms with van der Waals surface area (Å²) in [6, 6.07) is 11.5. The molecule has 18 heavy (non-hydrogen) atoms. The first-order chi connectivity index (χ1) is 8.66. The van der Waals surface area contributed by atoms with E-state index in [1.807, 2.05) is 0 Å². The topological polar surface area (TPSA) is 12.0 Å². The second-order valence-corrected chi connectivity index (χ2v) is 6.30. The lowest BCUT2D eigenvalue weighted by molar-refractivity contribution is 0.169. The summed E-state index contributed by atoms with van der Waals surface area (Å²) in [7, 11) is 0. The van der Waals surface area contributed by atoms with E-state index in [9.17, 15) is 0 Å². The summed E-state index contributed by atoms with van der Waals surface area (Å²) in [5, 5.41) is 3.80. The Kier molecular flexibility index (Phi) is 4.82. The molecule has 1 aliphatic carbocycles. The molecule has 0 radical (unpaired) electrons. The van der Waals surface area contributed by atoms with E-state index >= 15 is 0 Å². The molecule has 1 fully saturated rings. The standard InChI is InChI=1S/C17H27N/c1-13(2)16-10-9-14(3)11-17(16)18-12-15-7-5-4-6-8-15/h4-8,13-14,16-18H,9-12H2,1-3H3. The van der Waals surface area contributed by atoms with Gasteiger partial charge in [-0.3, -0.25) is 0 Å². The SMILES string of the molecule is CC1CCC(C(C)C)C(NCc2ccccc2)C1. The Hall–Kier alpha value is -0.820. The van der Waals surface area contributed by atoms with Crippen molar-refractivity contribution in [3.05, 3.63) is 35.9 Å². The van der Waals surface area contributed by atoms with Gasteiger partial charge in [0.2, 0.25) is 0 Å². The molecule has 1 aromatic rings. The van der Waals surface area contributed by atoms with Crippen LogP contribution in [0, 0.1) is 17.8 Å². The predicted molar refractivity (Wildman–Crippen MR) is 78.4 cm³/mol. The van der Waals surface area contributed by atoms with Gasteiger partial charge < -0.3 is 5.32 Å². The summed E-state index contributed by atoms with van der Waals surface area (Å²) >= 11 is 0. The van der Waals surface area contributed by atoms with Gasteiger partial charge in [0, 0.05) is 12.6 Å². The number of hydrogen-bond donors (Lipinski definition) is 1. The fraction of sp³-hybridized carbons (Fsp3) is 0.647. The molecular formula is C17H27N. The van der Waals surface area contributed by atoms with Crippen LogP contribution in [0.1, 0.15) is 45.6 Å². The summed E-state index contributed by atoms with van der Waals surface area (Å²) in [6.45, 7) is 8.16. The average Bonchev–Trinajstić information content (AvgIpc) is 2.37. The third-order valence-electron chi connectivity index (χ3n) is 4.43. The van der Waals surface area contributed by atoms with Gasteiger partial charge in [-0.25, -0.2) is 0 Å². The van der Waals surface area contributed by atoms with Crippen LogP contribution in [0.4, 0.5) is 0 Å². The summed E-state index contributed by atoms with van der Waals surface area (Å²) in [5.74, 6) is 2.53. The first kappa shape index (κ1) is 13.6.